The van der Waals surface area contributed by atoms with Gasteiger partial charge in [0.05, 0.1) is 10.8 Å². The van der Waals surface area contributed by atoms with E-state index in [-0.39, 0.29) is 11.2 Å². The number of benzene rings is 1. The molecule has 0 N–H and O–H groups in total. The van der Waals surface area contributed by atoms with E-state index >= 15 is 0 Å². The Morgan fingerprint density at radius 3 is 2.48 bits per heavy atom. The smallest absolute Gasteiger partial charge is 0.254 e. The van der Waals surface area contributed by atoms with E-state index in [1.807, 2.05) is 13.8 Å². The molecular formula is C16H23F2OPS. The van der Waals surface area contributed by atoms with Crippen LogP contribution in [0.2, 0.25) is 0 Å². The Hall–Kier alpha value is -0.340. The molecule has 1 aliphatic carbocycles. The molecule has 0 aromatic heterocycles. The second-order valence-electron chi connectivity index (χ2n) is 6.73. The van der Waals surface area contributed by atoms with Gasteiger partial charge in [0.1, 0.15) is 0 Å². The van der Waals surface area contributed by atoms with Crippen molar-refractivity contribution in [2.75, 3.05) is 0 Å². The zero-order valence-electron chi connectivity index (χ0n) is 12.7. The summed E-state index contributed by atoms with van der Waals surface area (Å²) in [6.07, 6.45) is 1.85. The first-order valence-corrected chi connectivity index (χ1v) is 9.00. The molecule has 0 bridgehead atoms. The normalized spacial score (nSPS) is 24.5. The molecular weight excluding hydrogens is 309 g/mol. The predicted molar refractivity (Wildman–Crippen MR) is 87.2 cm³/mol. The second-order valence-corrected chi connectivity index (χ2v) is 9.64. The van der Waals surface area contributed by atoms with Crippen molar-refractivity contribution >= 4 is 20.0 Å². The maximum Gasteiger partial charge on any atom is 0.262 e. The lowest BCUT2D eigenvalue weighted by Gasteiger charge is -2.43. The SMILES string of the molecule is CC1CC(C(C)(C)S(=O)c2cccc(CC(F)(F)P)c2)C1. The van der Waals surface area contributed by atoms with Crippen molar-refractivity contribution in [3.05, 3.63) is 29.8 Å². The highest BCUT2D eigenvalue weighted by molar-refractivity contribution is 7.86. The average molecular weight is 332 g/mol. The molecule has 118 valence electrons. The molecule has 0 aliphatic heterocycles. The highest BCUT2D eigenvalue weighted by atomic mass is 32.2. The van der Waals surface area contributed by atoms with E-state index in [9.17, 15) is 13.0 Å². The third kappa shape index (κ3) is 4.10. The van der Waals surface area contributed by atoms with Crippen LogP contribution in [0.1, 0.15) is 39.2 Å². The lowest BCUT2D eigenvalue weighted by Crippen LogP contribution is -2.43. The minimum absolute atomic E-state index is 0.311. The van der Waals surface area contributed by atoms with Crippen LogP contribution in [0.5, 0.6) is 0 Å². The average Bonchev–Trinajstić information content (AvgIpc) is 2.32. The molecule has 0 radical (unpaired) electrons. The van der Waals surface area contributed by atoms with Crippen LogP contribution in [0.15, 0.2) is 29.2 Å². The van der Waals surface area contributed by atoms with Crippen molar-refractivity contribution in [1.29, 1.82) is 0 Å². The lowest BCUT2D eigenvalue weighted by atomic mass is 9.70. The summed E-state index contributed by atoms with van der Waals surface area (Å²) in [4.78, 5) is 0.659. The summed E-state index contributed by atoms with van der Waals surface area (Å²) in [6, 6.07) is 6.83. The van der Waals surface area contributed by atoms with Gasteiger partial charge in [-0.2, -0.15) is 0 Å². The number of rotatable bonds is 5. The Morgan fingerprint density at radius 2 is 1.95 bits per heavy atom. The maximum atomic E-state index is 13.1. The van der Waals surface area contributed by atoms with Gasteiger partial charge < -0.3 is 0 Å². The summed E-state index contributed by atoms with van der Waals surface area (Å²) < 4.78 is 38.7. The van der Waals surface area contributed by atoms with E-state index in [1.165, 1.54) is 0 Å². The van der Waals surface area contributed by atoms with Crippen LogP contribution in [0.3, 0.4) is 0 Å². The van der Waals surface area contributed by atoms with Crippen molar-refractivity contribution in [1.82, 2.24) is 0 Å². The van der Waals surface area contributed by atoms with Gasteiger partial charge in [-0.3, -0.25) is 4.21 Å². The van der Waals surface area contributed by atoms with Gasteiger partial charge >= 0.3 is 0 Å². The topological polar surface area (TPSA) is 17.1 Å². The van der Waals surface area contributed by atoms with E-state index in [0.29, 0.717) is 22.3 Å². The second kappa shape index (κ2) is 6.04. The largest absolute Gasteiger partial charge is 0.262 e. The number of hydrogen-bond acceptors (Lipinski definition) is 1. The van der Waals surface area contributed by atoms with Crippen molar-refractivity contribution in [2.45, 2.75) is 55.3 Å². The van der Waals surface area contributed by atoms with Crippen LogP contribution in [0.4, 0.5) is 8.78 Å². The van der Waals surface area contributed by atoms with Crippen molar-refractivity contribution in [3.8, 4) is 0 Å². The molecule has 5 heteroatoms. The van der Waals surface area contributed by atoms with Gasteiger partial charge in [-0.15, -0.1) is 0 Å². The van der Waals surface area contributed by atoms with Gasteiger partial charge in [0.15, 0.2) is 0 Å². The fourth-order valence-corrected chi connectivity index (χ4v) is 4.77. The maximum absolute atomic E-state index is 13.1. The number of halogens is 2. The summed E-state index contributed by atoms with van der Waals surface area (Å²) in [5.74, 6) is 1.15. The molecule has 0 saturated heterocycles. The van der Waals surface area contributed by atoms with Gasteiger partial charge in [0.25, 0.3) is 5.66 Å². The fourth-order valence-electron chi connectivity index (χ4n) is 2.97. The summed E-state index contributed by atoms with van der Waals surface area (Å²) in [6.45, 7) is 6.25. The molecule has 1 saturated carbocycles. The standard InChI is InChI=1S/C16H23F2OPS/c1-11-7-13(8-11)15(2,3)21(19)14-6-4-5-12(9-14)10-16(17,18)20/h4-6,9,11,13H,7-8,10,20H2,1-3H3. The fraction of sp³-hybridized carbons (Fsp3) is 0.625. The lowest BCUT2D eigenvalue weighted by molar-refractivity contribution is 0.105. The molecule has 2 unspecified atom stereocenters. The van der Waals surface area contributed by atoms with E-state index in [1.54, 1.807) is 33.5 Å². The monoisotopic (exact) mass is 332 g/mol. The highest BCUT2D eigenvalue weighted by Crippen LogP contribution is 2.44. The molecule has 1 aromatic carbocycles. The molecule has 0 amide bonds. The molecule has 1 aliphatic rings. The van der Waals surface area contributed by atoms with Gasteiger partial charge in [0.2, 0.25) is 0 Å². The van der Waals surface area contributed by atoms with Gasteiger partial charge in [0, 0.05) is 16.1 Å². The van der Waals surface area contributed by atoms with Crippen LogP contribution >= 0.6 is 9.24 Å². The van der Waals surface area contributed by atoms with Crippen LogP contribution in [0.25, 0.3) is 0 Å². The first-order chi connectivity index (χ1) is 9.59. The summed E-state index contributed by atoms with van der Waals surface area (Å²) >= 11 is 0. The highest BCUT2D eigenvalue weighted by Gasteiger charge is 2.42. The summed E-state index contributed by atoms with van der Waals surface area (Å²) in [7, 11) is 0.377. The molecule has 21 heavy (non-hydrogen) atoms. The van der Waals surface area contributed by atoms with E-state index in [4.69, 9.17) is 0 Å². The molecule has 1 aromatic rings. The van der Waals surface area contributed by atoms with Crippen LogP contribution in [-0.2, 0) is 17.2 Å². The first kappa shape index (κ1) is 17.0. The van der Waals surface area contributed by atoms with Gasteiger partial charge in [-0.05, 0) is 56.2 Å². The Kier molecular flexibility index (Phi) is 4.90. The third-order valence-corrected chi connectivity index (χ3v) is 6.56. The minimum Gasteiger partial charge on any atom is -0.254 e. The van der Waals surface area contributed by atoms with E-state index in [0.717, 1.165) is 12.8 Å². The quantitative estimate of drug-likeness (QED) is 0.719. The van der Waals surface area contributed by atoms with Crippen molar-refractivity contribution in [3.63, 3.8) is 0 Å². The van der Waals surface area contributed by atoms with Crippen LogP contribution in [0, 0.1) is 11.8 Å². The zero-order chi connectivity index (χ0) is 15.8. The zero-order valence-corrected chi connectivity index (χ0v) is 14.7. The van der Waals surface area contributed by atoms with E-state index in [2.05, 4.69) is 6.92 Å². The van der Waals surface area contributed by atoms with Crippen LogP contribution in [-0.4, -0.2) is 14.6 Å². The molecule has 0 heterocycles. The Labute approximate surface area is 130 Å². The van der Waals surface area contributed by atoms with E-state index < -0.39 is 16.5 Å². The minimum atomic E-state index is -2.82. The van der Waals surface area contributed by atoms with Gasteiger partial charge in [-0.25, -0.2) is 8.78 Å². The molecule has 1 fully saturated rings. The number of alkyl halides is 2. The Morgan fingerprint density at radius 1 is 1.33 bits per heavy atom. The van der Waals surface area contributed by atoms with Crippen LogP contribution < -0.4 is 0 Å². The predicted octanol–water partition coefficient (Wildman–Crippen LogP) is 4.63. The number of hydrogen-bond donors (Lipinski definition) is 0. The molecule has 0 spiro atoms. The molecule has 2 rings (SSSR count). The first-order valence-electron chi connectivity index (χ1n) is 7.27. The Balaban J connectivity index is 2.17. The molecule has 1 nitrogen and oxygen atoms in total. The molecule has 2 atom stereocenters. The van der Waals surface area contributed by atoms with Gasteiger partial charge in [-0.1, -0.05) is 28.3 Å². The van der Waals surface area contributed by atoms with Crippen molar-refractivity contribution in [2.24, 2.45) is 11.8 Å². The van der Waals surface area contributed by atoms with Crippen molar-refractivity contribution < 1.29 is 13.0 Å². The Bertz CT molecular complexity index is 533. The summed E-state index contributed by atoms with van der Waals surface area (Å²) in [5, 5.41) is 0. The third-order valence-electron chi connectivity index (χ3n) is 4.39. The summed E-state index contributed by atoms with van der Waals surface area (Å²) in [5.41, 5.74) is -2.29.